The van der Waals surface area contributed by atoms with Crippen LogP contribution < -0.4 is 15.4 Å². The van der Waals surface area contributed by atoms with Gasteiger partial charge in [-0.15, -0.1) is 36.2 Å². The lowest BCUT2D eigenvalue weighted by molar-refractivity contribution is 0.443. The summed E-state index contributed by atoms with van der Waals surface area (Å²) in [6, 6.07) is 9.72. The zero-order valence-corrected chi connectivity index (χ0v) is 24.0. The minimum Gasteiger partial charge on any atom is -0.453 e. The van der Waals surface area contributed by atoms with Crippen LogP contribution in [0.1, 0.15) is 30.1 Å². The summed E-state index contributed by atoms with van der Waals surface area (Å²) in [5.74, 6) is 1.67. The maximum absolute atomic E-state index is 13.5. The van der Waals surface area contributed by atoms with Crippen molar-refractivity contribution in [1.29, 1.82) is 0 Å². The Morgan fingerprint density at radius 3 is 2.72 bits per heavy atom. The average molecular weight is 608 g/mol. The summed E-state index contributed by atoms with van der Waals surface area (Å²) in [7, 11) is 0. The van der Waals surface area contributed by atoms with Gasteiger partial charge in [-0.05, 0) is 63.2 Å². The Bertz CT molecular complexity index is 1540. The van der Waals surface area contributed by atoms with Gasteiger partial charge in [-0.3, -0.25) is 0 Å². The van der Waals surface area contributed by atoms with E-state index in [2.05, 4.69) is 31.1 Å². The van der Waals surface area contributed by atoms with E-state index in [1.54, 1.807) is 35.9 Å². The van der Waals surface area contributed by atoms with Crippen molar-refractivity contribution in [3.63, 3.8) is 0 Å². The minimum absolute atomic E-state index is 0. The SMILES string of the molecule is Cc1noc2nccc(Sc3cnc(Nc4nc(C5CCNCC5)cs4)c(Oc4ccc(F)cc4)c3)c12.Cl.Cl. The zero-order chi connectivity index (χ0) is 25.2. The molecule has 0 saturated carbocycles. The molecule has 5 heterocycles. The van der Waals surface area contributed by atoms with Crippen molar-refractivity contribution < 1.29 is 13.7 Å². The molecular formula is C26H25Cl2FN6O2S2. The van der Waals surface area contributed by atoms with Crippen molar-refractivity contribution in [2.75, 3.05) is 18.4 Å². The van der Waals surface area contributed by atoms with Crippen LogP contribution in [0.2, 0.25) is 0 Å². The molecule has 6 rings (SSSR count). The molecule has 1 fully saturated rings. The predicted octanol–water partition coefficient (Wildman–Crippen LogP) is 7.52. The van der Waals surface area contributed by atoms with Gasteiger partial charge in [0.25, 0.3) is 5.71 Å². The van der Waals surface area contributed by atoms with Crippen LogP contribution in [-0.2, 0) is 0 Å². The number of thiazole rings is 1. The van der Waals surface area contributed by atoms with E-state index in [-0.39, 0.29) is 30.6 Å². The van der Waals surface area contributed by atoms with Crippen molar-refractivity contribution in [3.05, 3.63) is 71.4 Å². The van der Waals surface area contributed by atoms with E-state index in [4.69, 9.17) is 14.2 Å². The maximum Gasteiger partial charge on any atom is 0.259 e. The number of hydrogen-bond donors (Lipinski definition) is 2. The van der Waals surface area contributed by atoms with Gasteiger partial charge in [0.1, 0.15) is 11.6 Å². The van der Waals surface area contributed by atoms with Gasteiger partial charge < -0.3 is 19.9 Å². The summed E-state index contributed by atoms with van der Waals surface area (Å²) in [6.07, 6.45) is 5.64. The summed E-state index contributed by atoms with van der Waals surface area (Å²) in [5, 5.41) is 14.5. The Labute approximate surface area is 245 Å². The van der Waals surface area contributed by atoms with Crippen molar-refractivity contribution in [1.82, 2.24) is 25.4 Å². The van der Waals surface area contributed by atoms with Crippen molar-refractivity contribution in [3.8, 4) is 11.5 Å². The molecule has 0 bridgehead atoms. The molecule has 0 radical (unpaired) electrons. The molecule has 39 heavy (non-hydrogen) atoms. The van der Waals surface area contributed by atoms with Crippen LogP contribution in [-0.4, -0.2) is 33.2 Å². The van der Waals surface area contributed by atoms with Gasteiger partial charge in [-0.1, -0.05) is 16.9 Å². The second kappa shape index (κ2) is 12.9. The monoisotopic (exact) mass is 606 g/mol. The highest BCUT2D eigenvalue weighted by Gasteiger charge is 2.19. The number of nitrogens with one attached hydrogen (secondary N) is 2. The molecule has 13 heteroatoms. The minimum atomic E-state index is -0.327. The van der Waals surface area contributed by atoms with Crippen molar-refractivity contribution in [2.45, 2.75) is 35.5 Å². The molecule has 0 atom stereocenters. The Morgan fingerprint density at radius 1 is 1.13 bits per heavy atom. The number of pyridine rings is 2. The van der Waals surface area contributed by atoms with Gasteiger partial charge in [-0.25, -0.2) is 19.3 Å². The van der Waals surface area contributed by atoms with E-state index < -0.39 is 0 Å². The summed E-state index contributed by atoms with van der Waals surface area (Å²) in [6.45, 7) is 3.91. The average Bonchev–Trinajstić information content (AvgIpc) is 3.55. The number of fused-ring (bicyclic) bond motifs is 1. The van der Waals surface area contributed by atoms with Gasteiger partial charge in [0.2, 0.25) is 0 Å². The summed E-state index contributed by atoms with van der Waals surface area (Å²) < 4.78 is 24.9. The van der Waals surface area contributed by atoms with E-state index >= 15 is 0 Å². The van der Waals surface area contributed by atoms with Gasteiger partial charge in [0.05, 0.1) is 16.8 Å². The molecule has 2 N–H and O–H groups in total. The van der Waals surface area contributed by atoms with E-state index in [9.17, 15) is 4.39 Å². The molecule has 1 saturated heterocycles. The number of hydrogen-bond acceptors (Lipinski definition) is 10. The molecule has 0 unspecified atom stereocenters. The first-order valence-corrected chi connectivity index (χ1v) is 13.6. The van der Waals surface area contributed by atoms with E-state index in [1.807, 2.05) is 19.1 Å². The van der Waals surface area contributed by atoms with Crippen LogP contribution in [0.4, 0.5) is 15.3 Å². The largest absolute Gasteiger partial charge is 0.453 e. The highest BCUT2D eigenvalue weighted by atomic mass is 35.5. The first kappa shape index (κ1) is 29.0. The molecule has 8 nitrogen and oxygen atoms in total. The van der Waals surface area contributed by atoms with Crippen LogP contribution in [0.3, 0.4) is 0 Å². The van der Waals surface area contributed by atoms with Crippen molar-refractivity contribution >= 4 is 70.0 Å². The summed E-state index contributed by atoms with van der Waals surface area (Å²) in [4.78, 5) is 15.5. The molecule has 204 valence electrons. The number of piperidine rings is 1. The quantitative estimate of drug-likeness (QED) is 0.195. The maximum atomic E-state index is 13.5. The van der Waals surface area contributed by atoms with Gasteiger partial charge in [0, 0.05) is 39.5 Å². The fourth-order valence-electron chi connectivity index (χ4n) is 4.23. The lowest BCUT2D eigenvalue weighted by atomic mass is 9.96. The Balaban J connectivity index is 0.00000176. The fraction of sp³-hybridized carbons (Fsp3) is 0.231. The molecule has 0 amide bonds. The number of rotatable bonds is 7. The third-order valence-corrected chi connectivity index (χ3v) is 7.91. The molecule has 0 spiro atoms. The molecular weight excluding hydrogens is 582 g/mol. The standard InChI is InChI=1S/C26H23FN6O2S2.2ClH/c1-15-23-22(8-11-29-25(23)35-33-15)37-19-12-21(34-18-4-2-17(27)3-5-18)24(30-13-19)32-26-31-20(14-36-26)16-6-9-28-10-7-16;;/h2-5,8,11-14,16,28H,6-7,9-10H2,1H3,(H,30,31,32);2*1H. The Hall–Kier alpha value is -2.96. The number of anilines is 2. The number of ether oxygens (including phenoxy) is 1. The topological polar surface area (TPSA) is 98.0 Å². The van der Waals surface area contributed by atoms with Gasteiger partial charge in [0.15, 0.2) is 16.7 Å². The summed E-state index contributed by atoms with van der Waals surface area (Å²) >= 11 is 3.06. The highest BCUT2D eigenvalue weighted by molar-refractivity contribution is 7.99. The Kier molecular flexibility index (Phi) is 9.62. The predicted molar refractivity (Wildman–Crippen MR) is 156 cm³/mol. The van der Waals surface area contributed by atoms with Crippen LogP contribution in [0.15, 0.2) is 68.5 Å². The first-order chi connectivity index (χ1) is 18.1. The fourth-order valence-corrected chi connectivity index (χ4v) is 6.01. The molecule has 4 aromatic heterocycles. The molecule has 1 aliphatic rings. The lowest BCUT2D eigenvalue weighted by Gasteiger charge is -2.20. The zero-order valence-electron chi connectivity index (χ0n) is 20.7. The number of aromatic nitrogens is 4. The normalized spacial score (nSPS) is 13.5. The van der Waals surface area contributed by atoms with Crippen LogP contribution >= 0.6 is 47.9 Å². The third-order valence-electron chi connectivity index (χ3n) is 6.11. The van der Waals surface area contributed by atoms with Crippen LogP contribution in [0.5, 0.6) is 11.5 Å². The van der Waals surface area contributed by atoms with Crippen LogP contribution in [0.25, 0.3) is 11.1 Å². The molecule has 1 aliphatic heterocycles. The second-order valence-corrected chi connectivity index (χ2v) is 10.6. The van der Waals surface area contributed by atoms with Gasteiger partial charge in [-0.2, -0.15) is 0 Å². The third kappa shape index (κ3) is 6.62. The Morgan fingerprint density at radius 2 is 1.92 bits per heavy atom. The molecule has 5 aromatic rings. The van der Waals surface area contributed by atoms with Crippen molar-refractivity contribution in [2.24, 2.45) is 0 Å². The number of nitrogens with zero attached hydrogens (tertiary/aromatic N) is 4. The van der Waals surface area contributed by atoms with Gasteiger partial charge >= 0.3 is 0 Å². The number of benzene rings is 1. The first-order valence-electron chi connectivity index (χ1n) is 11.9. The van der Waals surface area contributed by atoms with Crippen LogP contribution in [0, 0.1) is 12.7 Å². The molecule has 1 aromatic carbocycles. The smallest absolute Gasteiger partial charge is 0.259 e. The number of aryl methyl sites for hydroxylation is 1. The summed E-state index contributed by atoms with van der Waals surface area (Å²) in [5.41, 5.74) is 2.37. The second-order valence-electron chi connectivity index (χ2n) is 8.66. The van der Waals surface area contributed by atoms with E-state index in [0.717, 1.165) is 57.6 Å². The lowest BCUT2D eigenvalue weighted by Crippen LogP contribution is -2.26. The van der Waals surface area contributed by atoms with E-state index in [1.165, 1.54) is 23.9 Å². The highest BCUT2D eigenvalue weighted by Crippen LogP contribution is 2.39. The number of halogens is 3. The van der Waals surface area contributed by atoms with E-state index in [0.29, 0.717) is 28.9 Å². The molecule has 0 aliphatic carbocycles.